The van der Waals surface area contributed by atoms with Gasteiger partial charge in [0, 0.05) is 6.54 Å². The van der Waals surface area contributed by atoms with E-state index >= 15 is 0 Å². The zero-order valence-corrected chi connectivity index (χ0v) is 11.5. The van der Waals surface area contributed by atoms with Crippen molar-refractivity contribution in [2.75, 3.05) is 23.9 Å². The first-order valence-electron chi connectivity index (χ1n) is 5.65. The maximum Gasteiger partial charge on any atom is 0.224 e. The molecule has 1 N–H and O–H groups in total. The van der Waals surface area contributed by atoms with Crippen molar-refractivity contribution in [1.29, 1.82) is 0 Å². The third-order valence-electron chi connectivity index (χ3n) is 2.28. The van der Waals surface area contributed by atoms with Gasteiger partial charge in [0.1, 0.15) is 0 Å². The summed E-state index contributed by atoms with van der Waals surface area (Å²) in [5.74, 6) is 0.940. The monoisotopic (exact) mass is 277 g/mol. The molecule has 0 aliphatic heterocycles. The van der Waals surface area contributed by atoms with Gasteiger partial charge in [-0.3, -0.25) is 0 Å². The fourth-order valence-electron chi connectivity index (χ4n) is 1.40. The highest BCUT2D eigenvalue weighted by molar-refractivity contribution is 7.98. The van der Waals surface area contributed by atoms with Gasteiger partial charge in [-0.1, -0.05) is 12.8 Å². The zero-order chi connectivity index (χ0) is 12.5. The first-order chi connectivity index (χ1) is 8.24. The van der Waals surface area contributed by atoms with Gasteiger partial charge in [-0.15, -0.1) is 0 Å². The number of unbranched alkanes of at least 4 members (excludes halogenated alkanes) is 3. The summed E-state index contributed by atoms with van der Waals surface area (Å²) in [6, 6.07) is 0. The molecule has 1 aromatic heterocycles. The van der Waals surface area contributed by atoms with Gasteiger partial charge in [-0.05, 0) is 36.5 Å². The number of anilines is 1. The van der Waals surface area contributed by atoms with Crippen molar-refractivity contribution in [2.24, 2.45) is 0 Å². The molecule has 0 spiro atoms. The van der Waals surface area contributed by atoms with Gasteiger partial charge >= 0.3 is 0 Å². The summed E-state index contributed by atoms with van der Waals surface area (Å²) < 4.78 is 13.2. The summed E-state index contributed by atoms with van der Waals surface area (Å²) in [5, 5.41) is 2.99. The molecule has 0 amide bonds. The molecule has 1 aromatic rings. The fraction of sp³-hybridized carbons (Fsp3) is 0.636. The van der Waals surface area contributed by atoms with E-state index in [-0.39, 0.29) is 11.1 Å². The maximum atomic E-state index is 13.2. The van der Waals surface area contributed by atoms with Crippen LogP contribution in [0, 0.1) is 5.82 Å². The number of hydrogen-bond donors (Lipinski definition) is 1. The third-order valence-corrected chi connectivity index (χ3v) is 3.16. The zero-order valence-electron chi connectivity index (χ0n) is 9.88. The Morgan fingerprint density at radius 3 is 2.88 bits per heavy atom. The molecule has 0 aliphatic rings. The highest BCUT2D eigenvalue weighted by Gasteiger charge is 2.04. The van der Waals surface area contributed by atoms with Crippen LogP contribution in [0.25, 0.3) is 0 Å². The number of aromatic nitrogens is 2. The highest BCUT2D eigenvalue weighted by Crippen LogP contribution is 2.12. The van der Waals surface area contributed by atoms with Crippen LogP contribution in [0.5, 0.6) is 0 Å². The van der Waals surface area contributed by atoms with E-state index in [4.69, 9.17) is 11.6 Å². The minimum atomic E-state index is -0.461. The lowest BCUT2D eigenvalue weighted by Gasteiger charge is -2.06. The van der Waals surface area contributed by atoms with E-state index in [0.717, 1.165) is 19.0 Å². The van der Waals surface area contributed by atoms with Crippen molar-refractivity contribution in [2.45, 2.75) is 25.7 Å². The minimum Gasteiger partial charge on any atom is -0.367 e. The SMILES string of the molecule is CSCCCCCCNc1nc(Cl)ncc1F. The number of nitrogens with one attached hydrogen (secondary N) is 1. The second-order valence-electron chi connectivity index (χ2n) is 3.67. The van der Waals surface area contributed by atoms with Crippen LogP contribution in [-0.4, -0.2) is 28.5 Å². The minimum absolute atomic E-state index is 0.0638. The molecule has 0 saturated carbocycles. The molecule has 0 atom stereocenters. The van der Waals surface area contributed by atoms with Crippen molar-refractivity contribution in [3.8, 4) is 0 Å². The molecule has 0 saturated heterocycles. The molecule has 17 heavy (non-hydrogen) atoms. The summed E-state index contributed by atoms with van der Waals surface area (Å²) in [6.07, 6.45) is 7.81. The molecule has 0 radical (unpaired) electrons. The summed E-state index contributed by atoms with van der Waals surface area (Å²) in [7, 11) is 0. The van der Waals surface area contributed by atoms with E-state index in [9.17, 15) is 4.39 Å². The van der Waals surface area contributed by atoms with Crippen LogP contribution in [0.4, 0.5) is 10.2 Å². The van der Waals surface area contributed by atoms with Crippen molar-refractivity contribution in [1.82, 2.24) is 9.97 Å². The van der Waals surface area contributed by atoms with Gasteiger partial charge in [0.25, 0.3) is 0 Å². The second-order valence-corrected chi connectivity index (χ2v) is 4.99. The second kappa shape index (κ2) is 8.53. The summed E-state index contributed by atoms with van der Waals surface area (Å²) in [5.41, 5.74) is 0. The smallest absolute Gasteiger partial charge is 0.224 e. The van der Waals surface area contributed by atoms with Crippen LogP contribution in [0.2, 0.25) is 5.28 Å². The fourth-order valence-corrected chi connectivity index (χ4v) is 2.03. The molecular weight excluding hydrogens is 261 g/mol. The quantitative estimate of drug-likeness (QED) is 0.582. The number of hydrogen-bond acceptors (Lipinski definition) is 4. The van der Waals surface area contributed by atoms with Gasteiger partial charge in [-0.25, -0.2) is 9.37 Å². The number of halogens is 2. The Kier molecular flexibility index (Phi) is 7.28. The van der Waals surface area contributed by atoms with Crippen LogP contribution >= 0.6 is 23.4 Å². The first kappa shape index (κ1) is 14.5. The van der Waals surface area contributed by atoms with Crippen LogP contribution < -0.4 is 5.32 Å². The van der Waals surface area contributed by atoms with Crippen LogP contribution in [0.1, 0.15) is 25.7 Å². The molecule has 0 fully saturated rings. The molecular formula is C11H17ClFN3S. The van der Waals surface area contributed by atoms with Gasteiger partial charge in [0.15, 0.2) is 11.6 Å². The highest BCUT2D eigenvalue weighted by atomic mass is 35.5. The van der Waals surface area contributed by atoms with E-state index < -0.39 is 5.82 Å². The topological polar surface area (TPSA) is 37.8 Å². The summed E-state index contributed by atoms with van der Waals surface area (Å²) in [6.45, 7) is 0.712. The summed E-state index contributed by atoms with van der Waals surface area (Å²) >= 11 is 7.45. The number of thioether (sulfide) groups is 1. The molecule has 1 rings (SSSR count). The molecule has 3 nitrogen and oxygen atoms in total. The van der Waals surface area contributed by atoms with Gasteiger partial charge in [0.2, 0.25) is 5.28 Å². The molecule has 6 heteroatoms. The van der Waals surface area contributed by atoms with Crippen molar-refractivity contribution in [3.63, 3.8) is 0 Å². The van der Waals surface area contributed by atoms with E-state index in [1.54, 1.807) is 0 Å². The molecule has 96 valence electrons. The maximum absolute atomic E-state index is 13.2. The molecule has 0 aliphatic carbocycles. The van der Waals surface area contributed by atoms with E-state index in [2.05, 4.69) is 21.5 Å². The Hall–Kier alpha value is -0.550. The van der Waals surface area contributed by atoms with Gasteiger partial charge < -0.3 is 5.32 Å². The lowest BCUT2D eigenvalue weighted by Crippen LogP contribution is -2.06. The lowest BCUT2D eigenvalue weighted by atomic mass is 10.2. The Balaban J connectivity index is 2.15. The van der Waals surface area contributed by atoms with Crippen LogP contribution in [0.15, 0.2) is 6.20 Å². The average molecular weight is 278 g/mol. The Bertz CT molecular complexity index is 338. The normalized spacial score (nSPS) is 10.5. The summed E-state index contributed by atoms with van der Waals surface area (Å²) in [4.78, 5) is 7.34. The van der Waals surface area contributed by atoms with Crippen LogP contribution in [-0.2, 0) is 0 Å². The first-order valence-corrected chi connectivity index (χ1v) is 7.42. The third kappa shape index (κ3) is 6.07. The van der Waals surface area contributed by atoms with E-state index in [1.807, 2.05) is 11.8 Å². The van der Waals surface area contributed by atoms with Crippen molar-refractivity contribution in [3.05, 3.63) is 17.3 Å². The standard InChI is InChI=1S/C11H17ClFN3S/c1-17-7-5-3-2-4-6-14-10-9(13)8-15-11(12)16-10/h8H,2-7H2,1H3,(H,14,15,16). The predicted octanol–water partition coefficient (Wildman–Crippen LogP) is 3.60. The predicted molar refractivity (Wildman–Crippen MR) is 72.3 cm³/mol. The lowest BCUT2D eigenvalue weighted by molar-refractivity contribution is 0.614. The number of rotatable bonds is 8. The number of nitrogens with zero attached hydrogens (tertiary/aromatic N) is 2. The van der Waals surface area contributed by atoms with Crippen molar-refractivity contribution < 1.29 is 4.39 Å². The largest absolute Gasteiger partial charge is 0.367 e. The molecule has 0 aromatic carbocycles. The van der Waals surface area contributed by atoms with E-state index in [1.165, 1.54) is 18.6 Å². The average Bonchev–Trinajstić information content (AvgIpc) is 2.32. The Morgan fingerprint density at radius 2 is 2.12 bits per heavy atom. The Labute approximate surface area is 111 Å². The van der Waals surface area contributed by atoms with Gasteiger partial charge in [-0.2, -0.15) is 16.7 Å². The van der Waals surface area contributed by atoms with E-state index in [0.29, 0.717) is 6.54 Å². The Morgan fingerprint density at radius 1 is 1.35 bits per heavy atom. The molecule has 0 unspecified atom stereocenters. The van der Waals surface area contributed by atoms with Gasteiger partial charge in [0.05, 0.1) is 6.20 Å². The van der Waals surface area contributed by atoms with Crippen LogP contribution in [0.3, 0.4) is 0 Å². The van der Waals surface area contributed by atoms with Crippen molar-refractivity contribution >= 4 is 29.2 Å². The molecule has 1 heterocycles. The molecule has 0 bridgehead atoms.